The minimum absolute atomic E-state index is 0.307. The lowest BCUT2D eigenvalue weighted by atomic mass is 10.1. The van der Waals surface area contributed by atoms with Crippen molar-refractivity contribution >= 4 is 28.5 Å². The normalized spacial score (nSPS) is 10.2. The molecule has 2 rings (SSSR count). The van der Waals surface area contributed by atoms with Gasteiger partial charge in [-0.1, -0.05) is 6.07 Å². The van der Waals surface area contributed by atoms with Crippen LogP contribution in [0.1, 0.15) is 22.3 Å². The van der Waals surface area contributed by atoms with Crippen LogP contribution >= 0.6 is 0 Å². The van der Waals surface area contributed by atoms with E-state index in [-0.39, 0.29) is 0 Å². The highest BCUT2D eigenvalue weighted by Gasteiger charge is 2.19. The molecule has 0 aliphatic carbocycles. The molecule has 0 saturated heterocycles. The number of nitriles is 1. The molecule has 23 heavy (non-hydrogen) atoms. The first-order valence-electron chi connectivity index (χ1n) is 7.12. The SMILES string of the molecule is CNc1[nH]c2cc(C(=O)OC)ccc2c1C(=N)N(C)CCC#N. The predicted octanol–water partition coefficient (Wildman–Crippen LogP) is 2.17. The Hall–Kier alpha value is -3.01. The molecule has 120 valence electrons. The molecule has 0 bridgehead atoms. The van der Waals surface area contributed by atoms with Crippen LogP contribution in [0.3, 0.4) is 0 Å². The Morgan fingerprint density at radius 2 is 2.26 bits per heavy atom. The predicted molar refractivity (Wildman–Crippen MR) is 88.9 cm³/mol. The van der Waals surface area contributed by atoms with Gasteiger partial charge in [-0.3, -0.25) is 5.41 Å². The zero-order chi connectivity index (χ0) is 17.0. The van der Waals surface area contributed by atoms with Crippen LogP contribution in [0.5, 0.6) is 0 Å². The fraction of sp³-hybridized carbons (Fsp3) is 0.312. The second-order valence-electron chi connectivity index (χ2n) is 5.06. The van der Waals surface area contributed by atoms with Gasteiger partial charge in [0.05, 0.1) is 30.7 Å². The quantitative estimate of drug-likeness (QED) is 0.446. The van der Waals surface area contributed by atoms with Crippen LogP contribution in [-0.2, 0) is 4.74 Å². The summed E-state index contributed by atoms with van der Waals surface area (Å²) < 4.78 is 4.73. The smallest absolute Gasteiger partial charge is 0.337 e. The van der Waals surface area contributed by atoms with Gasteiger partial charge in [0.1, 0.15) is 11.7 Å². The molecule has 0 aliphatic rings. The van der Waals surface area contributed by atoms with Crippen molar-refractivity contribution < 1.29 is 9.53 Å². The Kier molecular flexibility index (Phi) is 4.86. The number of hydrogen-bond acceptors (Lipinski definition) is 5. The molecule has 0 fully saturated rings. The zero-order valence-electron chi connectivity index (χ0n) is 13.4. The summed E-state index contributed by atoms with van der Waals surface area (Å²) in [4.78, 5) is 16.5. The Labute approximate surface area is 134 Å². The van der Waals surface area contributed by atoms with Crippen molar-refractivity contribution in [3.05, 3.63) is 29.3 Å². The first kappa shape index (κ1) is 16.4. The van der Waals surface area contributed by atoms with Crippen molar-refractivity contribution in [1.29, 1.82) is 10.7 Å². The summed E-state index contributed by atoms with van der Waals surface area (Å²) in [6.45, 7) is 0.478. The van der Waals surface area contributed by atoms with Crippen LogP contribution < -0.4 is 5.32 Å². The van der Waals surface area contributed by atoms with E-state index < -0.39 is 5.97 Å². The molecule has 0 spiro atoms. The van der Waals surface area contributed by atoms with E-state index in [2.05, 4.69) is 16.4 Å². The first-order valence-corrected chi connectivity index (χ1v) is 7.12. The fourth-order valence-electron chi connectivity index (χ4n) is 2.40. The van der Waals surface area contributed by atoms with Crippen LogP contribution in [0.2, 0.25) is 0 Å². The van der Waals surface area contributed by atoms with Gasteiger partial charge in [0, 0.05) is 31.5 Å². The summed E-state index contributed by atoms with van der Waals surface area (Å²) in [5.41, 5.74) is 1.89. The van der Waals surface area contributed by atoms with Crippen molar-refractivity contribution in [1.82, 2.24) is 9.88 Å². The number of ether oxygens (including phenoxy) is 1. The number of carbonyl (C=O) groups excluding carboxylic acids is 1. The van der Waals surface area contributed by atoms with Crippen molar-refractivity contribution in [3.63, 3.8) is 0 Å². The number of aromatic amines is 1. The van der Waals surface area contributed by atoms with Gasteiger partial charge >= 0.3 is 5.97 Å². The third-order valence-electron chi connectivity index (χ3n) is 3.65. The molecule has 3 N–H and O–H groups in total. The van der Waals surface area contributed by atoms with E-state index in [1.165, 1.54) is 7.11 Å². The minimum atomic E-state index is -0.407. The summed E-state index contributed by atoms with van der Waals surface area (Å²) in [7, 11) is 4.88. The molecule has 1 heterocycles. The highest BCUT2D eigenvalue weighted by molar-refractivity contribution is 6.13. The Morgan fingerprint density at radius 1 is 1.52 bits per heavy atom. The molecule has 7 heteroatoms. The maximum Gasteiger partial charge on any atom is 0.337 e. The third kappa shape index (κ3) is 3.11. The summed E-state index contributed by atoms with van der Waals surface area (Å²) in [6.07, 6.45) is 0.350. The number of nitrogens with one attached hydrogen (secondary N) is 3. The van der Waals surface area contributed by atoms with Crippen molar-refractivity contribution in [2.24, 2.45) is 0 Å². The Bertz CT molecular complexity index is 788. The lowest BCUT2D eigenvalue weighted by Crippen LogP contribution is -2.28. The van der Waals surface area contributed by atoms with E-state index in [4.69, 9.17) is 15.4 Å². The molecule has 2 aromatic rings. The number of rotatable bonds is 5. The number of methoxy groups -OCH3 is 1. The monoisotopic (exact) mass is 313 g/mol. The molecule has 0 radical (unpaired) electrons. The van der Waals surface area contributed by atoms with Crippen molar-refractivity contribution in [2.75, 3.05) is 33.1 Å². The number of H-pyrrole nitrogens is 1. The second kappa shape index (κ2) is 6.83. The van der Waals surface area contributed by atoms with E-state index in [0.717, 1.165) is 10.9 Å². The zero-order valence-corrected chi connectivity index (χ0v) is 13.4. The van der Waals surface area contributed by atoms with Crippen LogP contribution in [-0.4, -0.2) is 49.4 Å². The largest absolute Gasteiger partial charge is 0.465 e. The summed E-state index contributed by atoms with van der Waals surface area (Å²) >= 11 is 0. The van der Waals surface area contributed by atoms with E-state index in [1.54, 1.807) is 37.2 Å². The van der Waals surface area contributed by atoms with Gasteiger partial charge < -0.3 is 19.9 Å². The van der Waals surface area contributed by atoms with Gasteiger partial charge in [-0.05, 0) is 12.1 Å². The van der Waals surface area contributed by atoms with Crippen molar-refractivity contribution in [3.8, 4) is 6.07 Å². The minimum Gasteiger partial charge on any atom is -0.465 e. The lowest BCUT2D eigenvalue weighted by molar-refractivity contribution is 0.0601. The fourth-order valence-corrected chi connectivity index (χ4v) is 2.40. The number of nitrogens with zero attached hydrogens (tertiary/aromatic N) is 2. The molecule has 1 aromatic heterocycles. The number of anilines is 1. The van der Waals surface area contributed by atoms with Crippen LogP contribution in [0.4, 0.5) is 5.82 Å². The molecule has 1 aromatic carbocycles. The number of hydrogen-bond donors (Lipinski definition) is 3. The molecule has 7 nitrogen and oxygen atoms in total. The number of carbonyl (C=O) groups is 1. The van der Waals surface area contributed by atoms with E-state index in [1.807, 2.05) is 0 Å². The Balaban J connectivity index is 2.48. The van der Waals surface area contributed by atoms with Gasteiger partial charge in [0.2, 0.25) is 0 Å². The molecule has 0 amide bonds. The van der Waals surface area contributed by atoms with Gasteiger partial charge in [-0.2, -0.15) is 5.26 Å². The molecule has 0 aliphatic heterocycles. The highest BCUT2D eigenvalue weighted by atomic mass is 16.5. The summed E-state index contributed by atoms with van der Waals surface area (Å²) in [6, 6.07) is 7.25. The third-order valence-corrected chi connectivity index (χ3v) is 3.65. The van der Waals surface area contributed by atoms with Gasteiger partial charge in [-0.15, -0.1) is 0 Å². The maximum absolute atomic E-state index is 11.6. The Morgan fingerprint density at radius 3 is 2.87 bits per heavy atom. The van der Waals surface area contributed by atoms with E-state index >= 15 is 0 Å². The first-order chi connectivity index (χ1) is 11.0. The average Bonchev–Trinajstić information content (AvgIpc) is 2.95. The lowest BCUT2D eigenvalue weighted by Gasteiger charge is -2.19. The number of fused-ring (bicyclic) bond motifs is 1. The van der Waals surface area contributed by atoms with Crippen molar-refractivity contribution in [2.45, 2.75) is 6.42 Å². The maximum atomic E-state index is 11.6. The highest BCUT2D eigenvalue weighted by Crippen LogP contribution is 2.28. The molecule has 0 saturated carbocycles. The van der Waals surface area contributed by atoms with Gasteiger partial charge in [0.15, 0.2) is 0 Å². The molecular formula is C16H19N5O2. The van der Waals surface area contributed by atoms with Crippen LogP contribution in [0.25, 0.3) is 10.9 Å². The standard InChI is InChI=1S/C16H19N5O2/c1-19-15-13(14(18)21(2)8-4-7-17)11-6-5-10(16(22)23-3)9-12(11)20-15/h5-6,9,18-20H,4,8H2,1-3H3. The second-order valence-corrected chi connectivity index (χ2v) is 5.06. The average molecular weight is 313 g/mol. The van der Waals surface area contributed by atoms with Gasteiger partial charge in [-0.25, -0.2) is 4.79 Å². The van der Waals surface area contributed by atoms with Crippen LogP contribution in [0.15, 0.2) is 18.2 Å². The van der Waals surface area contributed by atoms with Crippen LogP contribution in [0, 0.1) is 16.7 Å². The number of esters is 1. The van der Waals surface area contributed by atoms with Gasteiger partial charge in [0.25, 0.3) is 0 Å². The summed E-state index contributed by atoms with van der Waals surface area (Å²) in [5, 5.41) is 21.0. The summed E-state index contributed by atoms with van der Waals surface area (Å²) in [5.74, 6) is 0.591. The van der Waals surface area contributed by atoms with E-state index in [0.29, 0.717) is 35.7 Å². The molecule has 0 unspecified atom stereocenters. The molecule has 0 atom stereocenters. The number of aromatic nitrogens is 1. The molecular weight excluding hydrogens is 294 g/mol. The number of amidine groups is 1. The topological polar surface area (TPSA) is 105 Å². The number of benzene rings is 1. The van der Waals surface area contributed by atoms with E-state index in [9.17, 15) is 4.79 Å².